The molecule has 2 amide bonds. The number of nitrogens with zero attached hydrogens (tertiary/aromatic N) is 2. The molecule has 0 saturated carbocycles. The van der Waals surface area contributed by atoms with E-state index in [0.717, 1.165) is 11.0 Å². The maximum Gasteiger partial charge on any atom is 0.328 e. The zero-order valence-corrected chi connectivity index (χ0v) is 18.4. The summed E-state index contributed by atoms with van der Waals surface area (Å²) in [6.45, 7) is 0.365. The summed E-state index contributed by atoms with van der Waals surface area (Å²) in [6.07, 6.45) is 0.0754. The van der Waals surface area contributed by atoms with Gasteiger partial charge in [0.25, 0.3) is 5.91 Å². The number of aromatic nitrogens is 2. The lowest BCUT2D eigenvalue weighted by Gasteiger charge is -2.12. The number of ether oxygens (including phenoxy) is 2. The molecular weight excluding hydrogens is 436 g/mol. The summed E-state index contributed by atoms with van der Waals surface area (Å²) in [5.74, 6) is 0.502. The average Bonchev–Trinajstić information content (AvgIpc) is 3.40. The topological polar surface area (TPSA) is 104 Å². The van der Waals surface area contributed by atoms with Crippen LogP contribution in [0.4, 0.5) is 11.4 Å². The fourth-order valence-electron chi connectivity index (χ4n) is 3.97. The van der Waals surface area contributed by atoms with Gasteiger partial charge >= 0.3 is 5.69 Å². The third kappa shape index (κ3) is 3.99. The van der Waals surface area contributed by atoms with E-state index in [1.54, 1.807) is 58.6 Å². The first kappa shape index (κ1) is 21.3. The van der Waals surface area contributed by atoms with Crippen molar-refractivity contribution in [1.29, 1.82) is 0 Å². The minimum atomic E-state index is -0.375. The van der Waals surface area contributed by atoms with E-state index in [1.165, 1.54) is 0 Å². The van der Waals surface area contributed by atoms with Crippen LogP contribution in [0.3, 0.4) is 0 Å². The number of para-hydroxylation sites is 3. The van der Waals surface area contributed by atoms with Gasteiger partial charge in [-0.25, -0.2) is 4.79 Å². The number of fused-ring (bicyclic) bond motifs is 2. The van der Waals surface area contributed by atoms with Gasteiger partial charge in [0.1, 0.15) is 0 Å². The number of anilines is 2. The first-order valence-electron chi connectivity index (χ1n) is 10.8. The number of carbonyl (C=O) groups is 2. The van der Waals surface area contributed by atoms with E-state index in [-0.39, 0.29) is 37.3 Å². The third-order valence-corrected chi connectivity index (χ3v) is 5.69. The van der Waals surface area contributed by atoms with Crippen molar-refractivity contribution in [3.8, 4) is 11.5 Å². The molecule has 0 radical (unpaired) electrons. The highest BCUT2D eigenvalue weighted by molar-refractivity contribution is 6.10. The van der Waals surface area contributed by atoms with Crippen LogP contribution >= 0.6 is 0 Å². The number of aryl methyl sites for hydroxylation is 2. The van der Waals surface area contributed by atoms with Crippen molar-refractivity contribution < 1.29 is 19.1 Å². The van der Waals surface area contributed by atoms with Gasteiger partial charge in [0.05, 0.1) is 22.3 Å². The summed E-state index contributed by atoms with van der Waals surface area (Å²) >= 11 is 0. The number of benzene rings is 3. The van der Waals surface area contributed by atoms with Crippen LogP contribution in [0.5, 0.6) is 11.5 Å². The molecule has 2 N–H and O–H groups in total. The molecular formula is C25H22N4O5. The molecule has 1 aliphatic heterocycles. The SMILES string of the molecule is Cn1c(=O)n(CCC(=O)Nc2ccccc2C(=O)Nc2ccc3c(c2)OCO3)c2ccccc21. The molecule has 0 aliphatic carbocycles. The van der Waals surface area contributed by atoms with Crippen LogP contribution < -0.4 is 25.8 Å². The fraction of sp³-hybridized carbons (Fsp3) is 0.160. The summed E-state index contributed by atoms with van der Waals surface area (Å²) in [5.41, 5.74) is 2.64. The smallest absolute Gasteiger partial charge is 0.328 e. The Labute approximate surface area is 194 Å². The second kappa shape index (κ2) is 8.78. The van der Waals surface area contributed by atoms with Crippen molar-refractivity contribution in [2.75, 3.05) is 17.4 Å². The van der Waals surface area contributed by atoms with Crippen LogP contribution in [-0.2, 0) is 18.4 Å². The Balaban J connectivity index is 1.28. The zero-order chi connectivity index (χ0) is 23.7. The van der Waals surface area contributed by atoms with Crippen molar-refractivity contribution >= 4 is 34.2 Å². The van der Waals surface area contributed by atoms with Gasteiger partial charge in [-0.15, -0.1) is 0 Å². The van der Waals surface area contributed by atoms with Crippen molar-refractivity contribution in [3.05, 3.63) is 82.8 Å². The number of hydrogen-bond donors (Lipinski definition) is 2. The van der Waals surface area contributed by atoms with Crippen LogP contribution in [0, 0.1) is 0 Å². The lowest BCUT2D eigenvalue weighted by molar-refractivity contribution is -0.116. The summed E-state index contributed by atoms with van der Waals surface area (Å²) < 4.78 is 13.8. The molecule has 1 aromatic heterocycles. The van der Waals surface area contributed by atoms with Gasteiger partial charge < -0.3 is 20.1 Å². The van der Waals surface area contributed by atoms with Gasteiger partial charge in [0.2, 0.25) is 12.7 Å². The van der Waals surface area contributed by atoms with Crippen LogP contribution in [0.1, 0.15) is 16.8 Å². The maximum atomic E-state index is 12.9. The summed E-state index contributed by atoms with van der Waals surface area (Å²) in [6, 6.07) is 19.3. The van der Waals surface area contributed by atoms with Gasteiger partial charge in [-0.2, -0.15) is 0 Å². The summed E-state index contributed by atoms with van der Waals surface area (Å²) in [7, 11) is 1.70. The second-order valence-corrected chi connectivity index (χ2v) is 7.85. The van der Waals surface area contributed by atoms with Gasteiger partial charge in [-0.3, -0.25) is 18.7 Å². The first-order chi connectivity index (χ1) is 16.5. The van der Waals surface area contributed by atoms with E-state index < -0.39 is 0 Å². The number of carbonyl (C=O) groups excluding carboxylic acids is 2. The van der Waals surface area contributed by atoms with E-state index in [1.807, 2.05) is 24.3 Å². The number of nitrogens with one attached hydrogen (secondary N) is 2. The van der Waals surface area contributed by atoms with E-state index in [0.29, 0.717) is 28.4 Å². The Bertz CT molecular complexity index is 1470. The molecule has 0 fully saturated rings. The monoisotopic (exact) mass is 458 g/mol. The molecule has 0 atom stereocenters. The van der Waals surface area contributed by atoms with Crippen LogP contribution in [0.25, 0.3) is 11.0 Å². The Hall–Kier alpha value is -4.53. The quantitative estimate of drug-likeness (QED) is 0.461. The van der Waals surface area contributed by atoms with E-state index >= 15 is 0 Å². The fourth-order valence-corrected chi connectivity index (χ4v) is 3.97. The number of hydrogen-bond acceptors (Lipinski definition) is 5. The second-order valence-electron chi connectivity index (χ2n) is 7.85. The molecule has 0 unspecified atom stereocenters. The highest BCUT2D eigenvalue weighted by Crippen LogP contribution is 2.34. The lowest BCUT2D eigenvalue weighted by atomic mass is 10.1. The van der Waals surface area contributed by atoms with Crippen LogP contribution in [-0.4, -0.2) is 27.7 Å². The molecule has 34 heavy (non-hydrogen) atoms. The molecule has 9 heteroatoms. The summed E-state index contributed by atoms with van der Waals surface area (Å²) in [5, 5.41) is 5.61. The Morgan fingerprint density at radius 1 is 0.912 bits per heavy atom. The Kier molecular flexibility index (Phi) is 5.51. The average molecular weight is 458 g/mol. The third-order valence-electron chi connectivity index (χ3n) is 5.69. The standard InChI is InChI=1S/C25H22N4O5/c1-28-19-8-4-5-9-20(19)29(25(28)32)13-12-23(30)27-18-7-3-2-6-17(18)24(31)26-16-10-11-21-22(14-16)34-15-33-21/h2-11,14H,12-13,15H2,1H3,(H,26,31)(H,27,30). The van der Waals surface area contributed by atoms with E-state index in [4.69, 9.17) is 9.47 Å². The van der Waals surface area contributed by atoms with Gasteiger partial charge in [-0.1, -0.05) is 24.3 Å². The molecule has 0 bridgehead atoms. The first-order valence-corrected chi connectivity index (χ1v) is 10.8. The van der Waals surface area contributed by atoms with Gasteiger partial charge in [0.15, 0.2) is 11.5 Å². The van der Waals surface area contributed by atoms with Gasteiger partial charge in [0, 0.05) is 31.8 Å². The highest BCUT2D eigenvalue weighted by Gasteiger charge is 2.17. The summed E-state index contributed by atoms with van der Waals surface area (Å²) in [4.78, 5) is 38.2. The van der Waals surface area contributed by atoms with Crippen LogP contribution in [0.15, 0.2) is 71.5 Å². The lowest BCUT2D eigenvalue weighted by Crippen LogP contribution is -2.25. The predicted octanol–water partition coefficient (Wildman–Crippen LogP) is 3.35. The minimum absolute atomic E-state index is 0.0754. The Morgan fingerprint density at radius 2 is 1.65 bits per heavy atom. The maximum absolute atomic E-state index is 12.9. The van der Waals surface area contributed by atoms with Crippen molar-refractivity contribution in [2.45, 2.75) is 13.0 Å². The molecule has 2 heterocycles. The zero-order valence-electron chi connectivity index (χ0n) is 18.4. The molecule has 5 rings (SSSR count). The molecule has 172 valence electrons. The van der Waals surface area contributed by atoms with Crippen molar-refractivity contribution in [1.82, 2.24) is 9.13 Å². The molecule has 0 spiro atoms. The molecule has 1 aliphatic rings. The van der Waals surface area contributed by atoms with Crippen LogP contribution in [0.2, 0.25) is 0 Å². The van der Waals surface area contributed by atoms with Crippen molar-refractivity contribution in [3.63, 3.8) is 0 Å². The van der Waals surface area contributed by atoms with Gasteiger partial charge in [-0.05, 0) is 36.4 Å². The number of amides is 2. The van der Waals surface area contributed by atoms with E-state index in [2.05, 4.69) is 10.6 Å². The molecule has 0 saturated heterocycles. The Morgan fingerprint density at radius 3 is 2.50 bits per heavy atom. The largest absolute Gasteiger partial charge is 0.454 e. The highest BCUT2D eigenvalue weighted by atomic mass is 16.7. The van der Waals surface area contributed by atoms with E-state index in [9.17, 15) is 14.4 Å². The predicted molar refractivity (Wildman–Crippen MR) is 127 cm³/mol. The number of imidazole rings is 1. The molecule has 4 aromatic rings. The van der Waals surface area contributed by atoms with Crippen molar-refractivity contribution in [2.24, 2.45) is 7.05 Å². The normalized spacial score (nSPS) is 12.0. The molecule has 9 nitrogen and oxygen atoms in total. The number of rotatable bonds is 6. The minimum Gasteiger partial charge on any atom is -0.454 e. The molecule has 3 aromatic carbocycles.